The quantitative estimate of drug-likeness (QED) is 0.291. The summed E-state index contributed by atoms with van der Waals surface area (Å²) in [4.78, 5) is 43.2. The van der Waals surface area contributed by atoms with Crippen LogP contribution in [0.3, 0.4) is 0 Å². The van der Waals surface area contributed by atoms with Crippen molar-refractivity contribution in [2.24, 2.45) is 0 Å². The molecule has 0 radical (unpaired) electrons. The van der Waals surface area contributed by atoms with Crippen LogP contribution in [0.2, 0.25) is 0 Å². The number of aromatic amines is 1. The Labute approximate surface area is 233 Å². The van der Waals surface area contributed by atoms with Gasteiger partial charge in [-0.25, -0.2) is 19.7 Å². The standard InChI is InChI=1S/C27H26N10O4/c1-16-3-5-21(36-15-30-33-34-36)18(11-16)19-12-25(38)37-22(6-8-24(37)31-19)26-29-14-20(32-26)17-4-7-23(28-13-17)35(27(39)40)9-10-41-2/h3-5,7,11-15,22H,6,8-10H2,1-2H3,(H,29,32)(H,39,40)/t22-/m0/s1. The minimum Gasteiger partial charge on any atom is -0.465 e. The van der Waals surface area contributed by atoms with Crippen molar-refractivity contribution in [3.8, 4) is 28.2 Å². The molecule has 1 aromatic carbocycles. The number of amides is 1. The number of fused-ring (bicyclic) bond motifs is 1. The second kappa shape index (κ2) is 10.7. The predicted octanol–water partition coefficient (Wildman–Crippen LogP) is 2.65. The van der Waals surface area contributed by atoms with Crippen LogP contribution >= 0.6 is 0 Å². The van der Waals surface area contributed by atoms with Gasteiger partial charge in [-0.2, -0.15) is 4.68 Å². The summed E-state index contributed by atoms with van der Waals surface area (Å²) in [5.74, 6) is 1.61. The maximum absolute atomic E-state index is 13.4. The fraction of sp³-hybridized carbons (Fsp3) is 0.259. The Morgan fingerprint density at radius 1 is 1.20 bits per heavy atom. The number of nitrogens with one attached hydrogen (secondary N) is 1. The second-order valence-electron chi connectivity index (χ2n) is 9.61. The molecule has 14 nitrogen and oxygen atoms in total. The lowest BCUT2D eigenvalue weighted by Gasteiger charge is -2.17. The van der Waals surface area contributed by atoms with Crippen LogP contribution < -0.4 is 10.5 Å². The maximum Gasteiger partial charge on any atom is 0.413 e. The topological polar surface area (TPSA) is 170 Å². The van der Waals surface area contributed by atoms with E-state index in [9.17, 15) is 14.7 Å². The molecule has 1 aliphatic heterocycles. The number of benzene rings is 1. The zero-order valence-electron chi connectivity index (χ0n) is 22.3. The average Bonchev–Trinajstić information content (AvgIpc) is 3.74. The van der Waals surface area contributed by atoms with Crippen molar-refractivity contribution in [1.29, 1.82) is 0 Å². The van der Waals surface area contributed by atoms with Gasteiger partial charge in [0.2, 0.25) is 0 Å². The SMILES string of the molecule is COCCN(C(=O)O)c1ccc(-c2cnc([C@@H]3CCc4nc(-c5cc(C)ccc5-n5cnnn5)cc(=O)n43)[nH]2)cn1. The van der Waals surface area contributed by atoms with Gasteiger partial charge in [0.25, 0.3) is 5.56 Å². The molecule has 4 aromatic heterocycles. The Hall–Kier alpha value is -5.24. The van der Waals surface area contributed by atoms with Gasteiger partial charge < -0.3 is 14.8 Å². The molecular weight excluding hydrogens is 528 g/mol. The summed E-state index contributed by atoms with van der Waals surface area (Å²) in [7, 11) is 1.51. The lowest BCUT2D eigenvalue weighted by molar-refractivity contribution is 0.186. The van der Waals surface area contributed by atoms with Crippen molar-refractivity contribution in [3.05, 3.63) is 82.7 Å². The number of anilines is 1. The zero-order chi connectivity index (χ0) is 28.5. The van der Waals surface area contributed by atoms with Gasteiger partial charge in [0.1, 0.15) is 23.8 Å². The monoisotopic (exact) mass is 554 g/mol. The van der Waals surface area contributed by atoms with Crippen molar-refractivity contribution < 1.29 is 14.6 Å². The highest BCUT2D eigenvalue weighted by Crippen LogP contribution is 2.32. The molecule has 2 N–H and O–H groups in total. The number of imidazole rings is 1. The van der Waals surface area contributed by atoms with E-state index in [0.29, 0.717) is 41.7 Å². The molecule has 41 heavy (non-hydrogen) atoms. The van der Waals surface area contributed by atoms with Gasteiger partial charge in [0.05, 0.1) is 42.5 Å². The third kappa shape index (κ3) is 4.96. The number of hydrogen-bond acceptors (Lipinski definition) is 9. The number of rotatable bonds is 8. The van der Waals surface area contributed by atoms with Gasteiger partial charge in [-0.3, -0.25) is 14.3 Å². The van der Waals surface area contributed by atoms with E-state index >= 15 is 0 Å². The molecule has 0 unspecified atom stereocenters. The number of H-pyrrole nitrogens is 1. The van der Waals surface area contributed by atoms with E-state index in [1.165, 1.54) is 19.5 Å². The lowest BCUT2D eigenvalue weighted by atomic mass is 10.1. The Kier molecular flexibility index (Phi) is 6.81. The first-order valence-electron chi connectivity index (χ1n) is 12.9. The number of nitrogens with zero attached hydrogens (tertiary/aromatic N) is 9. The van der Waals surface area contributed by atoms with Crippen molar-refractivity contribution >= 4 is 11.9 Å². The summed E-state index contributed by atoms with van der Waals surface area (Å²) < 4.78 is 8.22. The summed E-state index contributed by atoms with van der Waals surface area (Å²) in [6.07, 6.45) is 4.94. The summed E-state index contributed by atoms with van der Waals surface area (Å²) in [5.41, 5.74) is 4.34. The van der Waals surface area contributed by atoms with Crippen molar-refractivity contribution in [2.45, 2.75) is 25.8 Å². The molecule has 0 fully saturated rings. The number of methoxy groups -OCH3 is 1. The zero-order valence-corrected chi connectivity index (χ0v) is 22.3. The summed E-state index contributed by atoms with van der Waals surface area (Å²) in [5, 5.41) is 21.0. The van der Waals surface area contributed by atoms with E-state index in [2.05, 4.69) is 30.5 Å². The molecule has 0 saturated heterocycles. The van der Waals surface area contributed by atoms with Crippen LogP contribution in [0.15, 0.2) is 59.9 Å². The fourth-order valence-electron chi connectivity index (χ4n) is 5.02. The van der Waals surface area contributed by atoms with Crippen molar-refractivity contribution in [1.82, 2.24) is 44.7 Å². The van der Waals surface area contributed by atoms with Crippen LogP contribution in [0.1, 0.15) is 29.7 Å². The highest BCUT2D eigenvalue weighted by Gasteiger charge is 2.29. The maximum atomic E-state index is 13.4. The minimum atomic E-state index is -1.11. The molecule has 1 atom stereocenters. The van der Waals surface area contributed by atoms with Gasteiger partial charge in [-0.15, -0.1) is 5.10 Å². The van der Waals surface area contributed by atoms with Crippen molar-refractivity contribution in [2.75, 3.05) is 25.2 Å². The molecule has 0 saturated carbocycles. The van der Waals surface area contributed by atoms with Crippen LogP contribution in [-0.4, -0.2) is 76.2 Å². The molecule has 0 spiro atoms. The van der Waals surface area contributed by atoms with Gasteiger partial charge in [0, 0.05) is 36.9 Å². The summed E-state index contributed by atoms with van der Waals surface area (Å²) in [6, 6.07) is 10.5. The first kappa shape index (κ1) is 26.0. The van der Waals surface area contributed by atoms with Crippen LogP contribution in [0, 0.1) is 6.92 Å². The Balaban J connectivity index is 1.28. The molecule has 14 heteroatoms. The van der Waals surface area contributed by atoms with E-state index in [1.54, 1.807) is 33.8 Å². The number of aryl methyl sites for hydroxylation is 2. The summed E-state index contributed by atoms with van der Waals surface area (Å²) in [6.45, 7) is 2.40. The third-order valence-corrected chi connectivity index (χ3v) is 7.00. The predicted molar refractivity (Wildman–Crippen MR) is 147 cm³/mol. The highest BCUT2D eigenvalue weighted by molar-refractivity contribution is 5.84. The normalized spacial score (nSPS) is 14.2. The molecule has 208 valence electrons. The Bertz CT molecular complexity index is 1760. The Morgan fingerprint density at radius 3 is 2.80 bits per heavy atom. The fourth-order valence-corrected chi connectivity index (χ4v) is 5.02. The largest absolute Gasteiger partial charge is 0.465 e. The van der Waals surface area contributed by atoms with Crippen LogP contribution in [0.4, 0.5) is 10.6 Å². The van der Waals surface area contributed by atoms with Crippen LogP contribution in [-0.2, 0) is 11.2 Å². The van der Waals surface area contributed by atoms with Gasteiger partial charge in [-0.1, -0.05) is 11.6 Å². The molecule has 1 amide bonds. The Morgan fingerprint density at radius 2 is 2.07 bits per heavy atom. The first-order valence-corrected chi connectivity index (χ1v) is 12.9. The van der Waals surface area contributed by atoms with E-state index < -0.39 is 6.09 Å². The smallest absolute Gasteiger partial charge is 0.413 e. The number of carboxylic acid groups (broad SMARTS) is 1. The molecule has 0 bridgehead atoms. The number of carbonyl (C=O) groups is 1. The minimum absolute atomic E-state index is 0.167. The number of tetrazole rings is 1. The number of pyridine rings is 1. The van der Waals surface area contributed by atoms with E-state index in [1.807, 2.05) is 25.1 Å². The lowest BCUT2D eigenvalue weighted by Crippen LogP contribution is -2.33. The molecule has 0 aliphatic carbocycles. The van der Waals surface area contributed by atoms with Crippen molar-refractivity contribution in [3.63, 3.8) is 0 Å². The van der Waals surface area contributed by atoms with Gasteiger partial charge in [0.15, 0.2) is 0 Å². The third-order valence-electron chi connectivity index (χ3n) is 7.00. The molecular formula is C27H26N10O4. The molecule has 5 aromatic rings. The second-order valence-corrected chi connectivity index (χ2v) is 9.61. The van der Waals surface area contributed by atoms with Crippen LogP contribution in [0.25, 0.3) is 28.2 Å². The first-order chi connectivity index (χ1) is 19.9. The van der Waals surface area contributed by atoms with Gasteiger partial charge >= 0.3 is 6.09 Å². The average molecular weight is 555 g/mol. The van der Waals surface area contributed by atoms with E-state index in [-0.39, 0.29) is 24.8 Å². The molecule has 5 heterocycles. The molecule has 1 aliphatic rings. The number of ether oxygens (including phenoxy) is 1. The summed E-state index contributed by atoms with van der Waals surface area (Å²) >= 11 is 0. The number of hydrogen-bond donors (Lipinski definition) is 2. The van der Waals surface area contributed by atoms with Gasteiger partial charge in [-0.05, 0) is 48.0 Å². The number of aromatic nitrogens is 9. The molecule has 6 rings (SSSR count). The van der Waals surface area contributed by atoms with E-state index in [4.69, 9.17) is 9.72 Å². The highest BCUT2D eigenvalue weighted by atomic mass is 16.5. The van der Waals surface area contributed by atoms with Crippen LogP contribution in [0.5, 0.6) is 0 Å². The van der Waals surface area contributed by atoms with E-state index in [0.717, 1.165) is 27.3 Å².